The van der Waals surface area contributed by atoms with E-state index in [1.165, 1.54) is 27.9 Å². The van der Waals surface area contributed by atoms with E-state index >= 15 is 0 Å². The summed E-state index contributed by atoms with van der Waals surface area (Å²) < 4.78 is 1.14. The number of hydrogen-bond donors (Lipinski definition) is 1. The fourth-order valence-corrected chi connectivity index (χ4v) is 2.89. The molecule has 0 spiro atoms. The zero-order chi connectivity index (χ0) is 13.1. The number of nitrogens with one attached hydrogen (secondary N) is 1. The number of halogens is 1. The van der Waals surface area contributed by atoms with E-state index in [2.05, 4.69) is 78.4 Å². The Labute approximate surface area is 117 Å². The third-order valence-corrected chi connectivity index (χ3v) is 3.51. The summed E-state index contributed by atoms with van der Waals surface area (Å²) in [5.41, 5.74) is 6.40. The molecule has 0 saturated carbocycles. The molecule has 0 heterocycles. The largest absolute Gasteiger partial charge is 0.381 e. The average Bonchev–Trinajstić information content (AvgIpc) is 2.27. The normalized spacial score (nSPS) is 10.4. The van der Waals surface area contributed by atoms with Gasteiger partial charge in [0, 0.05) is 16.7 Å². The second-order valence-electron chi connectivity index (χ2n) is 4.76. The molecule has 0 fully saturated rings. The summed E-state index contributed by atoms with van der Waals surface area (Å²) in [6.07, 6.45) is 0. The van der Waals surface area contributed by atoms with Crippen LogP contribution in [0.25, 0.3) is 0 Å². The number of rotatable bonds is 3. The minimum absolute atomic E-state index is 0.866. The first kappa shape index (κ1) is 13.2. The summed E-state index contributed by atoms with van der Waals surface area (Å²) in [5.74, 6) is 0. The van der Waals surface area contributed by atoms with Crippen molar-refractivity contribution in [2.24, 2.45) is 0 Å². The minimum Gasteiger partial charge on any atom is -0.381 e. The van der Waals surface area contributed by atoms with E-state index < -0.39 is 0 Å². The molecule has 2 aromatic carbocycles. The highest BCUT2D eigenvalue weighted by molar-refractivity contribution is 9.10. The van der Waals surface area contributed by atoms with Gasteiger partial charge in [0.15, 0.2) is 0 Å². The van der Waals surface area contributed by atoms with Crippen molar-refractivity contribution in [1.29, 1.82) is 0 Å². The summed E-state index contributed by atoms with van der Waals surface area (Å²) in [6, 6.07) is 12.9. The quantitative estimate of drug-likeness (QED) is 0.842. The van der Waals surface area contributed by atoms with E-state index in [1.54, 1.807) is 0 Å². The van der Waals surface area contributed by atoms with Crippen LogP contribution < -0.4 is 5.32 Å². The Morgan fingerprint density at radius 1 is 1.00 bits per heavy atom. The first-order valence-corrected chi connectivity index (χ1v) is 6.92. The van der Waals surface area contributed by atoms with Crippen LogP contribution in [0.1, 0.15) is 22.3 Å². The predicted molar refractivity (Wildman–Crippen MR) is 82.1 cm³/mol. The molecule has 18 heavy (non-hydrogen) atoms. The van der Waals surface area contributed by atoms with E-state index in [-0.39, 0.29) is 0 Å². The molecule has 1 N–H and O–H groups in total. The molecule has 2 aromatic rings. The second kappa shape index (κ2) is 5.57. The smallest absolute Gasteiger partial charge is 0.0403 e. The van der Waals surface area contributed by atoms with Crippen LogP contribution in [-0.2, 0) is 6.54 Å². The molecule has 0 amide bonds. The van der Waals surface area contributed by atoms with Gasteiger partial charge in [0.25, 0.3) is 0 Å². The number of benzene rings is 2. The maximum absolute atomic E-state index is 3.53. The van der Waals surface area contributed by atoms with Gasteiger partial charge in [-0.3, -0.25) is 0 Å². The molecular formula is C16H18BrN. The van der Waals surface area contributed by atoms with Gasteiger partial charge in [-0.2, -0.15) is 0 Å². The monoisotopic (exact) mass is 303 g/mol. The summed E-state index contributed by atoms with van der Waals surface area (Å²) in [7, 11) is 0. The molecule has 94 valence electrons. The topological polar surface area (TPSA) is 12.0 Å². The Kier molecular flexibility index (Phi) is 4.07. The van der Waals surface area contributed by atoms with Gasteiger partial charge < -0.3 is 5.32 Å². The Morgan fingerprint density at radius 2 is 1.67 bits per heavy atom. The highest BCUT2D eigenvalue weighted by atomic mass is 79.9. The predicted octanol–water partition coefficient (Wildman–Crippen LogP) is 4.99. The Bertz CT molecular complexity index is 538. The van der Waals surface area contributed by atoms with Gasteiger partial charge in [-0.05, 0) is 49.6 Å². The number of anilines is 1. The van der Waals surface area contributed by atoms with Crippen LogP contribution in [0.2, 0.25) is 0 Å². The van der Waals surface area contributed by atoms with E-state index in [0.29, 0.717) is 0 Å². The SMILES string of the molecule is Cc1cccc(CNc2c(C)cc(Br)cc2C)c1. The van der Waals surface area contributed by atoms with Gasteiger partial charge in [0.2, 0.25) is 0 Å². The summed E-state index contributed by atoms with van der Waals surface area (Å²) >= 11 is 3.52. The lowest BCUT2D eigenvalue weighted by Crippen LogP contribution is -2.03. The lowest BCUT2D eigenvalue weighted by Gasteiger charge is -2.13. The van der Waals surface area contributed by atoms with Crippen molar-refractivity contribution < 1.29 is 0 Å². The molecule has 1 nitrogen and oxygen atoms in total. The number of aryl methyl sites for hydroxylation is 3. The Morgan fingerprint density at radius 3 is 2.28 bits per heavy atom. The van der Waals surface area contributed by atoms with Crippen LogP contribution in [0.3, 0.4) is 0 Å². The molecule has 0 aliphatic carbocycles. The van der Waals surface area contributed by atoms with Gasteiger partial charge in [-0.25, -0.2) is 0 Å². The van der Waals surface area contributed by atoms with Crippen LogP contribution >= 0.6 is 15.9 Å². The fourth-order valence-electron chi connectivity index (χ4n) is 2.20. The molecule has 0 radical (unpaired) electrons. The van der Waals surface area contributed by atoms with Crippen LogP contribution in [0.4, 0.5) is 5.69 Å². The standard InChI is InChI=1S/C16H18BrN/c1-11-5-4-6-14(7-11)10-18-16-12(2)8-15(17)9-13(16)3/h4-9,18H,10H2,1-3H3. The minimum atomic E-state index is 0.866. The molecule has 0 aliphatic heterocycles. The van der Waals surface area contributed by atoms with Gasteiger partial charge in [0.05, 0.1) is 0 Å². The highest BCUT2D eigenvalue weighted by Gasteiger charge is 2.03. The fraction of sp³-hybridized carbons (Fsp3) is 0.250. The molecule has 0 aliphatic rings. The van der Waals surface area contributed by atoms with Crippen molar-refractivity contribution in [2.75, 3.05) is 5.32 Å². The highest BCUT2D eigenvalue weighted by Crippen LogP contribution is 2.25. The van der Waals surface area contributed by atoms with E-state index in [0.717, 1.165) is 11.0 Å². The molecule has 0 aromatic heterocycles. The zero-order valence-electron chi connectivity index (χ0n) is 11.0. The second-order valence-corrected chi connectivity index (χ2v) is 5.67. The molecule has 0 saturated heterocycles. The number of hydrogen-bond acceptors (Lipinski definition) is 1. The van der Waals surface area contributed by atoms with Gasteiger partial charge in [0.1, 0.15) is 0 Å². The third-order valence-electron chi connectivity index (χ3n) is 3.05. The van der Waals surface area contributed by atoms with Crippen molar-refractivity contribution in [3.8, 4) is 0 Å². The third kappa shape index (κ3) is 3.14. The first-order valence-electron chi connectivity index (χ1n) is 6.12. The lowest BCUT2D eigenvalue weighted by atomic mass is 10.1. The maximum atomic E-state index is 3.53. The zero-order valence-corrected chi connectivity index (χ0v) is 12.6. The van der Waals surface area contributed by atoms with Gasteiger partial charge in [-0.1, -0.05) is 45.8 Å². The van der Waals surface area contributed by atoms with Crippen molar-refractivity contribution in [3.05, 3.63) is 63.1 Å². The van der Waals surface area contributed by atoms with Crippen LogP contribution in [0.5, 0.6) is 0 Å². The van der Waals surface area contributed by atoms with E-state index in [4.69, 9.17) is 0 Å². The van der Waals surface area contributed by atoms with Crippen molar-refractivity contribution in [3.63, 3.8) is 0 Å². The van der Waals surface area contributed by atoms with Crippen LogP contribution in [0, 0.1) is 20.8 Å². The lowest BCUT2D eigenvalue weighted by molar-refractivity contribution is 1.12. The average molecular weight is 304 g/mol. The molecular weight excluding hydrogens is 286 g/mol. The molecule has 0 atom stereocenters. The van der Waals surface area contributed by atoms with Crippen molar-refractivity contribution in [1.82, 2.24) is 0 Å². The van der Waals surface area contributed by atoms with Gasteiger partial charge >= 0.3 is 0 Å². The van der Waals surface area contributed by atoms with Crippen molar-refractivity contribution in [2.45, 2.75) is 27.3 Å². The summed E-state index contributed by atoms with van der Waals surface area (Å²) in [5, 5.41) is 3.53. The van der Waals surface area contributed by atoms with Gasteiger partial charge in [-0.15, -0.1) is 0 Å². The molecule has 2 heteroatoms. The van der Waals surface area contributed by atoms with Crippen molar-refractivity contribution >= 4 is 21.6 Å². The summed E-state index contributed by atoms with van der Waals surface area (Å²) in [4.78, 5) is 0. The van der Waals surface area contributed by atoms with Crippen LogP contribution in [-0.4, -0.2) is 0 Å². The molecule has 0 bridgehead atoms. The first-order chi connectivity index (χ1) is 8.56. The molecule has 2 rings (SSSR count). The maximum Gasteiger partial charge on any atom is 0.0403 e. The van der Waals surface area contributed by atoms with E-state index in [1.807, 2.05) is 0 Å². The summed E-state index contributed by atoms with van der Waals surface area (Å²) in [6.45, 7) is 7.26. The Hall–Kier alpha value is -1.28. The van der Waals surface area contributed by atoms with Crippen LogP contribution in [0.15, 0.2) is 40.9 Å². The molecule has 0 unspecified atom stereocenters. The Balaban J connectivity index is 2.16. The van der Waals surface area contributed by atoms with E-state index in [9.17, 15) is 0 Å².